The molecule has 0 saturated heterocycles. The number of halogens is 1. The zero-order valence-corrected chi connectivity index (χ0v) is 11.0. The van der Waals surface area contributed by atoms with Crippen molar-refractivity contribution in [3.63, 3.8) is 0 Å². The quantitative estimate of drug-likeness (QED) is 0.847. The molecule has 2 rings (SSSR count). The van der Waals surface area contributed by atoms with Crippen LogP contribution in [0.5, 0.6) is 5.75 Å². The highest BCUT2D eigenvalue weighted by atomic mass is 79.9. The van der Waals surface area contributed by atoms with Crippen LogP contribution in [0.4, 0.5) is 5.69 Å². The number of nitrogens with one attached hydrogen (secondary N) is 1. The van der Waals surface area contributed by atoms with Gasteiger partial charge < -0.3 is 10.1 Å². The van der Waals surface area contributed by atoms with Gasteiger partial charge in [0.2, 0.25) is 0 Å². The summed E-state index contributed by atoms with van der Waals surface area (Å²) >= 11 is 3.48. The average Bonchev–Trinajstić information content (AvgIpc) is 2.29. The Labute approximate surface area is 105 Å². The molecule has 0 amide bonds. The minimum Gasteiger partial charge on any atom is -0.497 e. The van der Waals surface area contributed by atoms with E-state index in [-0.39, 0.29) is 0 Å². The lowest BCUT2D eigenvalue weighted by Gasteiger charge is -2.19. The van der Waals surface area contributed by atoms with E-state index in [1.807, 2.05) is 12.1 Å². The van der Waals surface area contributed by atoms with Gasteiger partial charge in [-0.05, 0) is 31.4 Å². The molecule has 0 heterocycles. The molecule has 86 valence electrons. The summed E-state index contributed by atoms with van der Waals surface area (Å²) in [5.41, 5.74) is 1.10. The number of anilines is 1. The predicted octanol–water partition coefficient (Wildman–Crippen LogP) is 3.98. The molecule has 1 aromatic rings. The monoisotopic (exact) mass is 281 g/mol. The first-order valence-electron chi connectivity index (χ1n) is 5.56. The molecule has 0 aliphatic heterocycles. The third-order valence-electron chi connectivity index (χ3n) is 2.71. The van der Waals surface area contributed by atoms with Crippen LogP contribution in [0.1, 0.15) is 19.3 Å². The normalized spacial score (nSPS) is 19.5. The number of hydrogen-bond acceptors (Lipinski definition) is 2. The molecule has 1 aliphatic carbocycles. The molecular formula is C13H16BrNO. The maximum absolute atomic E-state index is 5.24. The summed E-state index contributed by atoms with van der Waals surface area (Å²) in [5.74, 6) is 0.872. The molecule has 3 heteroatoms. The number of ether oxygens (including phenoxy) is 1. The molecule has 16 heavy (non-hydrogen) atoms. The Hall–Kier alpha value is -0.960. The first-order chi connectivity index (χ1) is 7.78. The Bertz CT molecular complexity index is 390. The van der Waals surface area contributed by atoms with Crippen LogP contribution in [0.25, 0.3) is 0 Å². The molecule has 1 atom stereocenters. The SMILES string of the molecule is COc1cc(Br)cc(NC2C=CCCC2)c1. The Morgan fingerprint density at radius 3 is 2.94 bits per heavy atom. The van der Waals surface area contributed by atoms with Crippen molar-refractivity contribution in [2.45, 2.75) is 25.3 Å². The van der Waals surface area contributed by atoms with Crippen molar-refractivity contribution in [3.8, 4) is 5.75 Å². The van der Waals surface area contributed by atoms with Gasteiger partial charge in [-0.1, -0.05) is 28.1 Å². The lowest BCUT2D eigenvalue weighted by molar-refractivity contribution is 0.414. The standard InChI is InChI=1S/C13H16BrNO/c1-16-13-8-10(14)7-12(9-13)15-11-5-3-2-4-6-11/h3,5,7-9,11,15H,2,4,6H2,1H3. The van der Waals surface area contributed by atoms with E-state index in [1.165, 1.54) is 19.3 Å². The van der Waals surface area contributed by atoms with Crippen LogP contribution < -0.4 is 10.1 Å². The van der Waals surface area contributed by atoms with Gasteiger partial charge in [-0.2, -0.15) is 0 Å². The summed E-state index contributed by atoms with van der Waals surface area (Å²) < 4.78 is 6.27. The van der Waals surface area contributed by atoms with E-state index in [0.717, 1.165) is 15.9 Å². The van der Waals surface area contributed by atoms with E-state index >= 15 is 0 Å². The zero-order chi connectivity index (χ0) is 11.4. The summed E-state index contributed by atoms with van der Waals surface area (Å²) in [6, 6.07) is 6.51. The van der Waals surface area contributed by atoms with Crippen molar-refractivity contribution < 1.29 is 4.74 Å². The van der Waals surface area contributed by atoms with Gasteiger partial charge in [-0.3, -0.25) is 0 Å². The van der Waals surface area contributed by atoms with E-state index < -0.39 is 0 Å². The second-order valence-electron chi connectivity index (χ2n) is 3.99. The van der Waals surface area contributed by atoms with Crippen LogP contribution >= 0.6 is 15.9 Å². The molecule has 0 saturated carbocycles. The largest absolute Gasteiger partial charge is 0.497 e. The molecule has 2 nitrogen and oxygen atoms in total. The van der Waals surface area contributed by atoms with Gasteiger partial charge in [0, 0.05) is 22.3 Å². The average molecular weight is 282 g/mol. The molecule has 1 aliphatic rings. The summed E-state index contributed by atoms with van der Waals surface area (Å²) in [5, 5.41) is 3.50. The fourth-order valence-electron chi connectivity index (χ4n) is 1.91. The van der Waals surface area contributed by atoms with Gasteiger partial charge in [0.15, 0.2) is 0 Å². The maximum Gasteiger partial charge on any atom is 0.122 e. The van der Waals surface area contributed by atoms with Gasteiger partial charge in [0.25, 0.3) is 0 Å². The van der Waals surface area contributed by atoms with Crippen molar-refractivity contribution in [2.24, 2.45) is 0 Å². The Morgan fingerprint density at radius 2 is 2.25 bits per heavy atom. The van der Waals surface area contributed by atoms with Gasteiger partial charge >= 0.3 is 0 Å². The first-order valence-corrected chi connectivity index (χ1v) is 6.35. The number of benzene rings is 1. The summed E-state index contributed by atoms with van der Waals surface area (Å²) in [6.07, 6.45) is 8.16. The Morgan fingerprint density at radius 1 is 1.38 bits per heavy atom. The molecule has 1 unspecified atom stereocenters. The molecule has 0 spiro atoms. The molecule has 1 N–H and O–H groups in total. The van der Waals surface area contributed by atoms with Crippen LogP contribution in [0, 0.1) is 0 Å². The van der Waals surface area contributed by atoms with Crippen molar-refractivity contribution >= 4 is 21.6 Å². The number of hydrogen-bond donors (Lipinski definition) is 1. The van der Waals surface area contributed by atoms with Gasteiger partial charge in [-0.15, -0.1) is 0 Å². The van der Waals surface area contributed by atoms with Gasteiger partial charge in [0.1, 0.15) is 5.75 Å². The molecule has 0 fully saturated rings. The number of allylic oxidation sites excluding steroid dienone is 1. The molecule has 1 aromatic carbocycles. The minimum absolute atomic E-state index is 0.452. The summed E-state index contributed by atoms with van der Waals surface area (Å²) in [6.45, 7) is 0. The van der Waals surface area contributed by atoms with Crippen LogP contribution in [0.2, 0.25) is 0 Å². The van der Waals surface area contributed by atoms with Gasteiger partial charge in [-0.25, -0.2) is 0 Å². The van der Waals surface area contributed by atoms with E-state index in [2.05, 4.69) is 39.5 Å². The van der Waals surface area contributed by atoms with Crippen molar-refractivity contribution in [1.82, 2.24) is 0 Å². The van der Waals surface area contributed by atoms with Crippen LogP contribution in [-0.4, -0.2) is 13.2 Å². The van der Waals surface area contributed by atoms with Crippen molar-refractivity contribution in [2.75, 3.05) is 12.4 Å². The lowest BCUT2D eigenvalue weighted by atomic mass is 10.0. The molecular weight excluding hydrogens is 266 g/mol. The highest BCUT2D eigenvalue weighted by Gasteiger charge is 2.08. The van der Waals surface area contributed by atoms with E-state index in [9.17, 15) is 0 Å². The Balaban J connectivity index is 2.10. The topological polar surface area (TPSA) is 21.3 Å². The minimum atomic E-state index is 0.452. The Kier molecular flexibility index (Phi) is 3.88. The van der Waals surface area contributed by atoms with Crippen LogP contribution in [0.15, 0.2) is 34.8 Å². The third kappa shape index (κ3) is 3.01. The molecule has 0 radical (unpaired) electrons. The fourth-order valence-corrected chi connectivity index (χ4v) is 2.38. The summed E-state index contributed by atoms with van der Waals surface area (Å²) in [4.78, 5) is 0. The van der Waals surface area contributed by atoms with Crippen LogP contribution in [-0.2, 0) is 0 Å². The third-order valence-corrected chi connectivity index (χ3v) is 3.17. The summed E-state index contributed by atoms with van der Waals surface area (Å²) in [7, 11) is 1.69. The predicted molar refractivity (Wildman–Crippen MR) is 71.1 cm³/mol. The number of methoxy groups -OCH3 is 1. The molecule has 0 bridgehead atoms. The highest BCUT2D eigenvalue weighted by molar-refractivity contribution is 9.10. The van der Waals surface area contributed by atoms with Crippen molar-refractivity contribution in [1.29, 1.82) is 0 Å². The zero-order valence-electron chi connectivity index (χ0n) is 9.37. The highest BCUT2D eigenvalue weighted by Crippen LogP contribution is 2.26. The van der Waals surface area contributed by atoms with E-state index in [1.54, 1.807) is 7.11 Å². The lowest BCUT2D eigenvalue weighted by Crippen LogP contribution is -2.18. The van der Waals surface area contributed by atoms with Crippen LogP contribution in [0.3, 0.4) is 0 Å². The second-order valence-corrected chi connectivity index (χ2v) is 4.91. The first kappa shape index (κ1) is 11.5. The smallest absolute Gasteiger partial charge is 0.122 e. The van der Waals surface area contributed by atoms with E-state index in [4.69, 9.17) is 4.74 Å². The fraction of sp³-hybridized carbons (Fsp3) is 0.385. The van der Waals surface area contributed by atoms with Crippen molar-refractivity contribution in [3.05, 3.63) is 34.8 Å². The van der Waals surface area contributed by atoms with Gasteiger partial charge in [0.05, 0.1) is 7.11 Å². The van der Waals surface area contributed by atoms with E-state index in [0.29, 0.717) is 6.04 Å². The maximum atomic E-state index is 5.24. The molecule has 0 aromatic heterocycles. The number of rotatable bonds is 3. The second kappa shape index (κ2) is 5.39.